The first-order valence-electron chi connectivity index (χ1n) is 12.4. The van der Waals surface area contributed by atoms with Gasteiger partial charge in [-0.1, -0.05) is 42.0 Å². The summed E-state index contributed by atoms with van der Waals surface area (Å²) in [6.07, 6.45) is 7.67. The summed E-state index contributed by atoms with van der Waals surface area (Å²) >= 11 is 7.43. The number of anilines is 1. The van der Waals surface area contributed by atoms with E-state index in [1.807, 2.05) is 18.2 Å². The fraction of sp³-hybridized carbons (Fsp3) is 0.480. The Morgan fingerprint density at radius 1 is 1.22 bits per heavy atom. The van der Waals surface area contributed by atoms with Gasteiger partial charge in [-0.3, -0.25) is 0 Å². The molecule has 2 aromatic heterocycles. The molecule has 0 unspecified atom stereocenters. The minimum Gasteiger partial charge on any atom is -0.467 e. The topological polar surface area (TPSA) is 109 Å². The van der Waals surface area contributed by atoms with Crippen LogP contribution in [0.4, 0.5) is 5.95 Å². The van der Waals surface area contributed by atoms with Crippen LogP contribution in [0.5, 0.6) is 5.19 Å². The van der Waals surface area contributed by atoms with Gasteiger partial charge in [-0.15, -0.1) is 0 Å². The first-order valence-corrected chi connectivity index (χ1v) is 15.2. The zero-order valence-corrected chi connectivity index (χ0v) is 23.0. The molecule has 2 aliphatic rings. The molecule has 3 aromatic rings. The van der Waals surface area contributed by atoms with Crippen LogP contribution < -0.4 is 9.64 Å². The summed E-state index contributed by atoms with van der Waals surface area (Å²) in [5.74, 6) is 0.384. The van der Waals surface area contributed by atoms with Crippen LogP contribution >= 0.6 is 22.9 Å². The van der Waals surface area contributed by atoms with E-state index in [0.29, 0.717) is 35.7 Å². The molecule has 5 rings (SSSR count). The molecule has 1 fully saturated rings. The molecule has 0 bridgehead atoms. The maximum atomic E-state index is 12.6. The van der Waals surface area contributed by atoms with Gasteiger partial charge in [-0.05, 0) is 35.6 Å². The van der Waals surface area contributed by atoms with Gasteiger partial charge in [-0.25, -0.2) is 23.4 Å². The van der Waals surface area contributed by atoms with Crippen molar-refractivity contribution in [2.45, 2.75) is 32.3 Å². The predicted molar refractivity (Wildman–Crippen MR) is 147 cm³/mol. The highest BCUT2D eigenvalue weighted by Crippen LogP contribution is 2.33. The maximum absolute atomic E-state index is 12.6. The number of benzene rings is 1. The molecule has 12 heteroatoms. The number of ether oxygens (including phenoxy) is 1. The normalized spacial score (nSPS) is 18.7. The summed E-state index contributed by atoms with van der Waals surface area (Å²) < 4.78 is 34.0. The Morgan fingerprint density at radius 2 is 1.97 bits per heavy atom. The molecule has 1 aromatic carbocycles. The number of hydrogen-bond donors (Lipinski definition) is 1. The third-order valence-electron chi connectivity index (χ3n) is 6.71. The number of fused-ring (bicyclic) bond motifs is 1. The Morgan fingerprint density at radius 3 is 2.65 bits per heavy atom. The second kappa shape index (κ2) is 11.2. The molecule has 0 radical (unpaired) electrons. The van der Waals surface area contributed by atoms with E-state index in [0.717, 1.165) is 47.3 Å². The largest absolute Gasteiger partial charge is 0.467 e. The molecule has 4 heterocycles. The number of hydrogen-bond acceptors (Lipinski definition) is 9. The second-order valence-electron chi connectivity index (χ2n) is 9.57. The highest BCUT2D eigenvalue weighted by molar-refractivity contribution is 7.89. The number of sulfonamides is 1. The molecule has 37 heavy (non-hydrogen) atoms. The smallest absolute Gasteiger partial charge is 0.274 e. The van der Waals surface area contributed by atoms with Gasteiger partial charge in [0.1, 0.15) is 6.10 Å². The third-order valence-corrected chi connectivity index (χ3v) is 9.92. The third kappa shape index (κ3) is 6.23. The van der Waals surface area contributed by atoms with Crippen LogP contribution in [0, 0.1) is 5.92 Å². The van der Waals surface area contributed by atoms with Gasteiger partial charge in [0.2, 0.25) is 16.0 Å². The SMILES string of the molecule is C[C@H](CO)CS(=O)(=O)N1CC=C(c2ccc3nc(OC4CCN(c5ncc(Cl)cn5)CC4)sc3c2)CC1. The van der Waals surface area contributed by atoms with E-state index >= 15 is 0 Å². The van der Waals surface area contributed by atoms with Gasteiger partial charge in [0, 0.05) is 45.6 Å². The molecule has 0 amide bonds. The van der Waals surface area contributed by atoms with Gasteiger partial charge in [0.05, 0.1) is 33.4 Å². The van der Waals surface area contributed by atoms with Gasteiger partial charge < -0.3 is 14.7 Å². The lowest BCUT2D eigenvalue weighted by Crippen LogP contribution is -2.39. The molecule has 0 aliphatic carbocycles. The maximum Gasteiger partial charge on any atom is 0.274 e. The van der Waals surface area contributed by atoms with Crippen molar-refractivity contribution in [2.75, 3.05) is 43.4 Å². The Balaban J connectivity index is 1.20. The van der Waals surface area contributed by atoms with Gasteiger partial charge in [-0.2, -0.15) is 4.31 Å². The fourth-order valence-electron chi connectivity index (χ4n) is 4.62. The van der Waals surface area contributed by atoms with Crippen molar-refractivity contribution in [3.05, 3.63) is 47.3 Å². The second-order valence-corrected chi connectivity index (χ2v) is 13.0. The Labute approximate surface area is 225 Å². The van der Waals surface area contributed by atoms with E-state index in [1.54, 1.807) is 19.3 Å². The Bertz CT molecular complexity index is 1370. The molecular weight excluding hydrogens is 534 g/mol. The monoisotopic (exact) mass is 563 g/mol. The predicted octanol–water partition coefficient (Wildman–Crippen LogP) is 3.83. The number of piperidine rings is 1. The highest BCUT2D eigenvalue weighted by Gasteiger charge is 2.27. The number of rotatable bonds is 8. The highest BCUT2D eigenvalue weighted by atomic mass is 35.5. The minimum absolute atomic E-state index is 0.0315. The quantitative estimate of drug-likeness (QED) is 0.440. The van der Waals surface area contributed by atoms with Gasteiger partial charge in [0.25, 0.3) is 5.19 Å². The lowest BCUT2D eigenvalue weighted by Gasteiger charge is -2.31. The Kier molecular flexibility index (Phi) is 7.96. The van der Waals surface area contributed by atoms with Crippen molar-refractivity contribution in [1.29, 1.82) is 0 Å². The Hall–Kier alpha value is -2.31. The van der Waals surface area contributed by atoms with Crippen molar-refractivity contribution in [2.24, 2.45) is 5.92 Å². The minimum atomic E-state index is -3.38. The van der Waals surface area contributed by atoms with Crippen LogP contribution in [-0.2, 0) is 10.0 Å². The van der Waals surface area contributed by atoms with Crippen molar-refractivity contribution < 1.29 is 18.3 Å². The average molecular weight is 564 g/mol. The van der Waals surface area contributed by atoms with Crippen LogP contribution in [0.15, 0.2) is 36.7 Å². The number of aromatic nitrogens is 3. The first kappa shape index (κ1) is 26.3. The summed E-state index contributed by atoms with van der Waals surface area (Å²) in [4.78, 5) is 15.4. The van der Waals surface area contributed by atoms with Crippen molar-refractivity contribution in [3.63, 3.8) is 0 Å². The van der Waals surface area contributed by atoms with Crippen molar-refractivity contribution in [3.8, 4) is 5.19 Å². The molecule has 1 saturated heterocycles. The van der Waals surface area contributed by atoms with E-state index in [-0.39, 0.29) is 24.4 Å². The van der Waals surface area contributed by atoms with E-state index in [2.05, 4.69) is 25.9 Å². The van der Waals surface area contributed by atoms with Crippen LogP contribution in [0.3, 0.4) is 0 Å². The fourth-order valence-corrected chi connectivity index (χ4v) is 7.35. The molecule has 198 valence electrons. The number of thiazole rings is 1. The summed E-state index contributed by atoms with van der Waals surface area (Å²) in [5, 5.41) is 10.4. The van der Waals surface area contributed by atoms with Gasteiger partial charge in [0.15, 0.2) is 0 Å². The van der Waals surface area contributed by atoms with E-state index < -0.39 is 10.0 Å². The number of nitrogens with zero attached hydrogens (tertiary/aromatic N) is 5. The number of aliphatic hydroxyl groups is 1. The van der Waals surface area contributed by atoms with Crippen LogP contribution in [0.1, 0.15) is 31.7 Å². The van der Waals surface area contributed by atoms with Crippen LogP contribution in [0.2, 0.25) is 5.02 Å². The summed E-state index contributed by atoms with van der Waals surface area (Å²) in [6, 6.07) is 6.16. The molecule has 2 aliphatic heterocycles. The average Bonchev–Trinajstić information content (AvgIpc) is 3.31. The standard InChI is InChI=1S/C25H30ClN5O4S2/c1-17(15-32)16-37(33,34)31-10-4-18(5-11-31)19-2-3-22-23(12-19)36-25(29-22)35-21-6-8-30(9-7-21)24-27-13-20(26)14-28-24/h2-4,12-14,17,21,32H,5-11,15-16H2,1H3/t17-/m1/s1. The summed E-state index contributed by atoms with van der Waals surface area (Å²) in [5.41, 5.74) is 3.12. The van der Waals surface area contributed by atoms with E-state index in [9.17, 15) is 13.5 Å². The summed E-state index contributed by atoms with van der Waals surface area (Å²) in [7, 11) is -3.38. The summed E-state index contributed by atoms with van der Waals surface area (Å²) in [6.45, 7) is 4.02. The van der Waals surface area contributed by atoms with Gasteiger partial charge >= 0.3 is 0 Å². The van der Waals surface area contributed by atoms with E-state index in [4.69, 9.17) is 16.3 Å². The van der Waals surface area contributed by atoms with Crippen molar-refractivity contribution in [1.82, 2.24) is 19.3 Å². The number of halogens is 1. The lowest BCUT2D eigenvalue weighted by atomic mass is 10.0. The molecule has 1 N–H and O–H groups in total. The van der Waals surface area contributed by atoms with Crippen LogP contribution in [-0.4, -0.2) is 77.4 Å². The molecule has 1 atom stereocenters. The zero-order valence-electron chi connectivity index (χ0n) is 20.6. The molecular formula is C25H30ClN5O4S2. The number of aliphatic hydroxyl groups excluding tert-OH is 1. The molecule has 9 nitrogen and oxygen atoms in total. The molecule has 0 saturated carbocycles. The van der Waals surface area contributed by atoms with Crippen molar-refractivity contribution >= 4 is 54.7 Å². The lowest BCUT2D eigenvalue weighted by molar-refractivity contribution is 0.170. The first-order chi connectivity index (χ1) is 17.8. The molecule has 0 spiro atoms. The van der Waals surface area contributed by atoms with Crippen LogP contribution in [0.25, 0.3) is 15.8 Å². The van der Waals surface area contributed by atoms with E-state index in [1.165, 1.54) is 15.6 Å². The zero-order chi connectivity index (χ0) is 26.0.